The maximum Gasteiger partial charge on any atom is 0.248 e. The van der Waals surface area contributed by atoms with Crippen molar-refractivity contribution in [3.63, 3.8) is 0 Å². The molecule has 0 bridgehead atoms. The molecule has 0 spiro atoms. The molecule has 1 fully saturated rings. The first kappa shape index (κ1) is 15.0. The predicted molar refractivity (Wildman–Crippen MR) is 81.3 cm³/mol. The average molecular weight is 275 g/mol. The molecular formula is C16H25N3O. The topological polar surface area (TPSA) is 72.4 Å². The van der Waals surface area contributed by atoms with Crippen molar-refractivity contribution in [3.05, 3.63) is 34.9 Å². The summed E-state index contributed by atoms with van der Waals surface area (Å²) in [5.74, 6) is 0.247. The zero-order chi connectivity index (χ0) is 14.7. The molecule has 0 aliphatic heterocycles. The minimum Gasteiger partial charge on any atom is -0.366 e. The van der Waals surface area contributed by atoms with Gasteiger partial charge in [0.25, 0.3) is 0 Å². The molecule has 0 saturated heterocycles. The van der Waals surface area contributed by atoms with Crippen LogP contribution in [0.25, 0.3) is 0 Å². The normalized spacial score (nSPS) is 22.4. The summed E-state index contributed by atoms with van der Waals surface area (Å²) >= 11 is 0. The van der Waals surface area contributed by atoms with Gasteiger partial charge in [0.15, 0.2) is 0 Å². The van der Waals surface area contributed by atoms with Crippen LogP contribution in [-0.2, 0) is 6.54 Å². The van der Waals surface area contributed by atoms with Gasteiger partial charge in [-0.3, -0.25) is 9.69 Å². The minimum atomic E-state index is -0.369. The molecule has 0 radical (unpaired) electrons. The van der Waals surface area contributed by atoms with Crippen molar-refractivity contribution in [3.8, 4) is 0 Å². The molecule has 1 amide bonds. The number of aryl methyl sites for hydroxylation is 1. The molecule has 0 heterocycles. The van der Waals surface area contributed by atoms with Crippen LogP contribution in [-0.4, -0.2) is 30.4 Å². The van der Waals surface area contributed by atoms with Crippen LogP contribution in [0.3, 0.4) is 0 Å². The Morgan fingerprint density at radius 1 is 1.40 bits per heavy atom. The monoisotopic (exact) mass is 275 g/mol. The summed E-state index contributed by atoms with van der Waals surface area (Å²) in [6, 6.07) is 6.28. The average Bonchev–Trinajstić information content (AvgIpc) is 2.89. The molecule has 110 valence electrons. The zero-order valence-electron chi connectivity index (χ0n) is 12.4. The summed E-state index contributed by atoms with van der Waals surface area (Å²) in [5.41, 5.74) is 14.1. The van der Waals surface area contributed by atoms with Crippen molar-refractivity contribution in [2.24, 2.45) is 17.4 Å². The van der Waals surface area contributed by atoms with Gasteiger partial charge < -0.3 is 11.5 Å². The Labute approximate surface area is 121 Å². The van der Waals surface area contributed by atoms with Gasteiger partial charge in [0.2, 0.25) is 5.91 Å². The van der Waals surface area contributed by atoms with Crippen LogP contribution in [0.5, 0.6) is 0 Å². The number of hydrogen-bond acceptors (Lipinski definition) is 3. The van der Waals surface area contributed by atoms with E-state index in [1.54, 1.807) is 0 Å². The molecule has 4 heteroatoms. The van der Waals surface area contributed by atoms with E-state index in [2.05, 4.69) is 11.9 Å². The molecule has 1 aromatic rings. The second kappa shape index (κ2) is 6.37. The molecule has 4 nitrogen and oxygen atoms in total. The Hall–Kier alpha value is -1.39. The van der Waals surface area contributed by atoms with Gasteiger partial charge in [0.05, 0.1) is 0 Å². The summed E-state index contributed by atoms with van der Waals surface area (Å²) < 4.78 is 0. The molecule has 2 unspecified atom stereocenters. The Morgan fingerprint density at radius 3 is 2.75 bits per heavy atom. The van der Waals surface area contributed by atoms with Crippen molar-refractivity contribution in [2.45, 2.75) is 38.8 Å². The van der Waals surface area contributed by atoms with Gasteiger partial charge in [0, 0.05) is 18.2 Å². The van der Waals surface area contributed by atoms with Crippen LogP contribution in [0.2, 0.25) is 0 Å². The summed E-state index contributed by atoms with van der Waals surface area (Å²) in [6.07, 6.45) is 3.75. The summed E-state index contributed by atoms with van der Waals surface area (Å²) in [5, 5.41) is 0. The Balaban J connectivity index is 2.07. The first-order valence-corrected chi connectivity index (χ1v) is 7.32. The SMILES string of the molecule is Cc1cc(C(N)=O)ccc1CN(C)C1CCCC1CN. The van der Waals surface area contributed by atoms with Gasteiger partial charge >= 0.3 is 0 Å². The lowest BCUT2D eigenvalue weighted by Crippen LogP contribution is -2.37. The van der Waals surface area contributed by atoms with E-state index < -0.39 is 0 Å². The van der Waals surface area contributed by atoms with Crippen molar-refractivity contribution in [1.82, 2.24) is 4.90 Å². The van der Waals surface area contributed by atoms with Crippen LogP contribution in [0, 0.1) is 12.8 Å². The fourth-order valence-electron chi connectivity index (χ4n) is 3.28. The molecule has 1 aliphatic carbocycles. The quantitative estimate of drug-likeness (QED) is 0.858. The highest BCUT2D eigenvalue weighted by Gasteiger charge is 2.29. The highest BCUT2D eigenvalue weighted by Crippen LogP contribution is 2.29. The van der Waals surface area contributed by atoms with E-state index in [1.807, 2.05) is 25.1 Å². The highest BCUT2D eigenvalue weighted by atomic mass is 16.1. The highest BCUT2D eigenvalue weighted by molar-refractivity contribution is 5.93. The summed E-state index contributed by atoms with van der Waals surface area (Å²) in [7, 11) is 2.17. The number of hydrogen-bond donors (Lipinski definition) is 2. The lowest BCUT2D eigenvalue weighted by atomic mass is 10.0. The Morgan fingerprint density at radius 2 is 2.15 bits per heavy atom. The number of nitrogens with zero attached hydrogens (tertiary/aromatic N) is 1. The molecule has 1 saturated carbocycles. The minimum absolute atomic E-state index is 0.369. The number of amides is 1. The maximum absolute atomic E-state index is 11.2. The van der Waals surface area contributed by atoms with Gasteiger partial charge in [-0.1, -0.05) is 12.5 Å². The van der Waals surface area contributed by atoms with E-state index in [0.29, 0.717) is 17.5 Å². The standard InChI is InChI=1S/C16H25N3O/c1-11-8-12(16(18)20)6-7-14(11)10-19(2)15-5-3-4-13(15)9-17/h6-8,13,15H,3-5,9-10,17H2,1-2H3,(H2,18,20). The number of carbonyl (C=O) groups excluding carboxylic acids is 1. The smallest absolute Gasteiger partial charge is 0.248 e. The largest absolute Gasteiger partial charge is 0.366 e. The number of benzene rings is 1. The van der Waals surface area contributed by atoms with Crippen molar-refractivity contribution < 1.29 is 4.79 Å². The lowest BCUT2D eigenvalue weighted by Gasteiger charge is -2.29. The van der Waals surface area contributed by atoms with Gasteiger partial charge in [-0.2, -0.15) is 0 Å². The third-order valence-electron chi connectivity index (χ3n) is 4.53. The van der Waals surface area contributed by atoms with Crippen LogP contribution in [0.1, 0.15) is 40.7 Å². The molecular weight excluding hydrogens is 250 g/mol. The van der Waals surface area contributed by atoms with Crippen LogP contribution < -0.4 is 11.5 Å². The second-order valence-electron chi connectivity index (χ2n) is 5.91. The Bertz CT molecular complexity index is 487. The molecule has 2 atom stereocenters. The fraction of sp³-hybridized carbons (Fsp3) is 0.562. The van der Waals surface area contributed by atoms with E-state index in [1.165, 1.54) is 24.8 Å². The van der Waals surface area contributed by atoms with E-state index >= 15 is 0 Å². The fourth-order valence-corrected chi connectivity index (χ4v) is 3.28. The molecule has 4 N–H and O–H groups in total. The number of primary amides is 1. The number of rotatable bonds is 5. The first-order chi connectivity index (χ1) is 9.52. The van der Waals surface area contributed by atoms with Crippen molar-refractivity contribution in [2.75, 3.05) is 13.6 Å². The van der Waals surface area contributed by atoms with Crippen LogP contribution >= 0.6 is 0 Å². The van der Waals surface area contributed by atoms with Crippen molar-refractivity contribution >= 4 is 5.91 Å². The molecule has 1 aromatic carbocycles. The molecule has 2 rings (SSSR count). The molecule has 1 aliphatic rings. The Kier molecular flexibility index (Phi) is 4.78. The zero-order valence-corrected chi connectivity index (χ0v) is 12.4. The third-order valence-corrected chi connectivity index (χ3v) is 4.53. The number of carbonyl (C=O) groups is 1. The second-order valence-corrected chi connectivity index (χ2v) is 5.91. The predicted octanol–water partition coefficient (Wildman–Crippen LogP) is 1.65. The van der Waals surface area contributed by atoms with Crippen LogP contribution in [0.4, 0.5) is 0 Å². The summed E-state index contributed by atoms with van der Waals surface area (Å²) in [6.45, 7) is 3.70. The molecule has 20 heavy (non-hydrogen) atoms. The van der Waals surface area contributed by atoms with E-state index in [9.17, 15) is 4.79 Å². The lowest BCUT2D eigenvalue weighted by molar-refractivity contribution is 0.1000. The third kappa shape index (κ3) is 3.19. The van der Waals surface area contributed by atoms with Gasteiger partial charge in [0.1, 0.15) is 0 Å². The van der Waals surface area contributed by atoms with E-state index in [4.69, 9.17) is 11.5 Å². The van der Waals surface area contributed by atoms with Gasteiger partial charge in [-0.05, 0) is 62.5 Å². The van der Waals surface area contributed by atoms with Gasteiger partial charge in [-0.15, -0.1) is 0 Å². The van der Waals surface area contributed by atoms with Crippen LogP contribution in [0.15, 0.2) is 18.2 Å². The summed E-state index contributed by atoms with van der Waals surface area (Å²) in [4.78, 5) is 13.6. The van der Waals surface area contributed by atoms with Gasteiger partial charge in [-0.25, -0.2) is 0 Å². The van der Waals surface area contributed by atoms with E-state index in [0.717, 1.165) is 18.7 Å². The molecule has 0 aromatic heterocycles. The first-order valence-electron chi connectivity index (χ1n) is 7.32. The van der Waals surface area contributed by atoms with Crippen molar-refractivity contribution in [1.29, 1.82) is 0 Å². The van der Waals surface area contributed by atoms with E-state index in [-0.39, 0.29) is 5.91 Å². The maximum atomic E-state index is 11.2. The number of nitrogens with two attached hydrogens (primary N) is 2.